The van der Waals surface area contributed by atoms with Crippen molar-refractivity contribution in [2.75, 3.05) is 5.32 Å². The molecule has 4 heteroatoms. The zero-order valence-corrected chi connectivity index (χ0v) is 11.2. The van der Waals surface area contributed by atoms with Gasteiger partial charge >= 0.3 is 0 Å². The van der Waals surface area contributed by atoms with Gasteiger partial charge in [0.2, 0.25) is 0 Å². The molecule has 1 N–H and O–H groups in total. The van der Waals surface area contributed by atoms with E-state index in [0.29, 0.717) is 0 Å². The zero-order chi connectivity index (χ0) is 13.7. The van der Waals surface area contributed by atoms with Gasteiger partial charge in [0.05, 0.1) is 0 Å². The van der Waals surface area contributed by atoms with Gasteiger partial charge in [0, 0.05) is 17.8 Å². The van der Waals surface area contributed by atoms with Crippen molar-refractivity contribution < 1.29 is 4.39 Å². The average Bonchev–Trinajstić information content (AvgIpc) is 2.41. The van der Waals surface area contributed by atoms with Gasteiger partial charge in [0.15, 0.2) is 0 Å². The quantitative estimate of drug-likeness (QED) is 0.896. The van der Waals surface area contributed by atoms with E-state index in [1.165, 1.54) is 12.1 Å². The van der Waals surface area contributed by atoms with Gasteiger partial charge in [-0.3, -0.25) is 0 Å². The largest absolute Gasteiger partial charge is 0.367 e. The zero-order valence-electron chi connectivity index (χ0n) is 11.2. The maximum absolute atomic E-state index is 12.8. The third kappa shape index (κ3) is 4.02. The van der Waals surface area contributed by atoms with Crippen LogP contribution in [0.5, 0.6) is 0 Å². The molecule has 0 aliphatic rings. The molecule has 0 spiro atoms. The van der Waals surface area contributed by atoms with Crippen molar-refractivity contribution in [2.24, 2.45) is 0 Å². The van der Waals surface area contributed by atoms with Crippen LogP contribution in [-0.4, -0.2) is 16.0 Å². The van der Waals surface area contributed by atoms with Crippen molar-refractivity contribution in [1.29, 1.82) is 0 Å². The predicted molar refractivity (Wildman–Crippen MR) is 74.6 cm³/mol. The van der Waals surface area contributed by atoms with Crippen LogP contribution < -0.4 is 5.32 Å². The van der Waals surface area contributed by atoms with E-state index in [4.69, 9.17) is 0 Å². The van der Waals surface area contributed by atoms with E-state index >= 15 is 0 Å². The smallest absolute Gasteiger partial charge is 0.129 e. The van der Waals surface area contributed by atoms with E-state index in [1.54, 1.807) is 6.33 Å². The fraction of sp³-hybridized carbons (Fsp3) is 0.333. The van der Waals surface area contributed by atoms with Crippen molar-refractivity contribution in [3.63, 3.8) is 0 Å². The summed E-state index contributed by atoms with van der Waals surface area (Å²) in [5.41, 5.74) is 2.12. The van der Waals surface area contributed by atoms with Crippen LogP contribution in [0.15, 0.2) is 36.7 Å². The molecule has 0 aliphatic carbocycles. The lowest BCUT2D eigenvalue weighted by molar-refractivity contribution is 0.626. The van der Waals surface area contributed by atoms with Crippen LogP contribution in [0.4, 0.5) is 10.2 Å². The number of benzene rings is 1. The van der Waals surface area contributed by atoms with Crippen LogP contribution in [0.1, 0.15) is 25.1 Å². The van der Waals surface area contributed by atoms with Crippen LogP contribution in [0.2, 0.25) is 0 Å². The normalized spacial score (nSPS) is 12.2. The number of halogens is 1. The van der Waals surface area contributed by atoms with Crippen molar-refractivity contribution in [3.05, 3.63) is 53.7 Å². The van der Waals surface area contributed by atoms with Crippen molar-refractivity contribution >= 4 is 5.82 Å². The summed E-state index contributed by atoms with van der Waals surface area (Å²) in [4.78, 5) is 8.37. The number of aromatic nitrogens is 2. The Kier molecular flexibility index (Phi) is 4.44. The Morgan fingerprint density at radius 2 is 1.95 bits per heavy atom. The standard InChI is InChI=1S/C15H18FN3/c1-3-14-9-15(18-10-17-14)19-11(2)8-12-4-6-13(16)7-5-12/h4-7,9-11H,3,8H2,1-2H3,(H,17,18,19). The Morgan fingerprint density at radius 3 is 2.63 bits per heavy atom. The van der Waals surface area contributed by atoms with Crippen LogP contribution >= 0.6 is 0 Å². The van der Waals surface area contributed by atoms with E-state index in [1.807, 2.05) is 18.2 Å². The number of rotatable bonds is 5. The fourth-order valence-electron chi connectivity index (χ4n) is 1.95. The highest BCUT2D eigenvalue weighted by atomic mass is 19.1. The van der Waals surface area contributed by atoms with Gasteiger partial charge in [-0.1, -0.05) is 19.1 Å². The first kappa shape index (κ1) is 13.5. The summed E-state index contributed by atoms with van der Waals surface area (Å²) in [6.07, 6.45) is 3.29. The molecular weight excluding hydrogens is 241 g/mol. The highest BCUT2D eigenvalue weighted by molar-refractivity contribution is 5.36. The lowest BCUT2D eigenvalue weighted by Crippen LogP contribution is -2.19. The minimum absolute atomic E-state index is 0.201. The second-order valence-corrected chi connectivity index (χ2v) is 4.62. The summed E-state index contributed by atoms with van der Waals surface area (Å²) in [7, 11) is 0. The van der Waals surface area contributed by atoms with Crippen molar-refractivity contribution in [1.82, 2.24) is 9.97 Å². The lowest BCUT2D eigenvalue weighted by Gasteiger charge is -2.14. The van der Waals surface area contributed by atoms with Crippen molar-refractivity contribution in [2.45, 2.75) is 32.7 Å². The third-order valence-electron chi connectivity index (χ3n) is 2.94. The maximum Gasteiger partial charge on any atom is 0.129 e. The Balaban J connectivity index is 1.96. The average molecular weight is 259 g/mol. The summed E-state index contributed by atoms with van der Waals surface area (Å²) in [6.45, 7) is 4.14. The fourth-order valence-corrected chi connectivity index (χ4v) is 1.95. The predicted octanol–water partition coefficient (Wildman–Crippen LogP) is 3.22. The molecular formula is C15H18FN3. The van der Waals surface area contributed by atoms with Gasteiger partial charge < -0.3 is 5.32 Å². The molecule has 1 aromatic carbocycles. The highest BCUT2D eigenvalue weighted by Gasteiger charge is 2.05. The summed E-state index contributed by atoms with van der Waals surface area (Å²) < 4.78 is 12.8. The molecule has 0 radical (unpaired) electrons. The van der Waals surface area contributed by atoms with Crippen LogP contribution in [0.25, 0.3) is 0 Å². The van der Waals surface area contributed by atoms with Gasteiger partial charge in [-0.2, -0.15) is 0 Å². The van der Waals surface area contributed by atoms with Gasteiger partial charge in [0.1, 0.15) is 18.0 Å². The molecule has 2 aromatic rings. The van der Waals surface area contributed by atoms with E-state index in [9.17, 15) is 4.39 Å². The number of hydrogen-bond acceptors (Lipinski definition) is 3. The molecule has 1 heterocycles. The Morgan fingerprint density at radius 1 is 1.21 bits per heavy atom. The molecule has 3 nitrogen and oxygen atoms in total. The van der Waals surface area contributed by atoms with E-state index in [-0.39, 0.29) is 11.9 Å². The Labute approximate surface area is 112 Å². The Hall–Kier alpha value is -1.97. The minimum Gasteiger partial charge on any atom is -0.367 e. The summed E-state index contributed by atoms with van der Waals surface area (Å²) in [5, 5.41) is 3.33. The maximum atomic E-state index is 12.8. The molecule has 0 aliphatic heterocycles. The molecule has 0 saturated heterocycles. The van der Waals surface area contributed by atoms with Gasteiger partial charge in [-0.05, 0) is 37.5 Å². The molecule has 0 amide bonds. The van der Waals surface area contributed by atoms with Crippen LogP contribution in [0.3, 0.4) is 0 Å². The molecule has 1 aromatic heterocycles. The van der Waals surface area contributed by atoms with Crippen LogP contribution in [0, 0.1) is 5.82 Å². The molecule has 0 fully saturated rings. The lowest BCUT2D eigenvalue weighted by atomic mass is 10.1. The van der Waals surface area contributed by atoms with Crippen LogP contribution in [-0.2, 0) is 12.8 Å². The van der Waals surface area contributed by atoms with Crippen molar-refractivity contribution in [3.8, 4) is 0 Å². The monoisotopic (exact) mass is 259 g/mol. The number of nitrogens with zero attached hydrogens (tertiary/aromatic N) is 2. The van der Waals surface area contributed by atoms with E-state index in [2.05, 4.69) is 29.1 Å². The van der Waals surface area contributed by atoms with Gasteiger partial charge in [-0.25, -0.2) is 14.4 Å². The number of aryl methyl sites for hydroxylation is 1. The molecule has 1 unspecified atom stereocenters. The van der Waals surface area contributed by atoms with E-state index in [0.717, 1.165) is 29.9 Å². The number of nitrogens with one attached hydrogen (secondary N) is 1. The second-order valence-electron chi connectivity index (χ2n) is 4.62. The molecule has 100 valence electrons. The minimum atomic E-state index is -0.201. The second kappa shape index (κ2) is 6.27. The number of hydrogen-bond donors (Lipinski definition) is 1. The SMILES string of the molecule is CCc1cc(NC(C)Cc2ccc(F)cc2)ncn1. The highest BCUT2D eigenvalue weighted by Crippen LogP contribution is 2.10. The topological polar surface area (TPSA) is 37.8 Å². The number of anilines is 1. The molecule has 0 saturated carbocycles. The van der Waals surface area contributed by atoms with E-state index < -0.39 is 0 Å². The van der Waals surface area contributed by atoms with Gasteiger partial charge in [-0.15, -0.1) is 0 Å². The summed E-state index contributed by atoms with van der Waals surface area (Å²) in [5.74, 6) is 0.634. The van der Waals surface area contributed by atoms with Gasteiger partial charge in [0.25, 0.3) is 0 Å². The molecule has 1 atom stereocenters. The third-order valence-corrected chi connectivity index (χ3v) is 2.94. The summed E-state index contributed by atoms with van der Waals surface area (Å²) in [6, 6.07) is 8.78. The first-order valence-electron chi connectivity index (χ1n) is 6.49. The molecule has 19 heavy (non-hydrogen) atoms. The first-order valence-corrected chi connectivity index (χ1v) is 6.49. The summed E-state index contributed by atoms with van der Waals surface area (Å²) >= 11 is 0. The molecule has 0 bridgehead atoms. The molecule has 2 rings (SSSR count). The first-order chi connectivity index (χ1) is 9.17. The Bertz CT molecular complexity index is 525.